The van der Waals surface area contributed by atoms with E-state index in [9.17, 15) is 4.79 Å². The van der Waals surface area contributed by atoms with E-state index >= 15 is 0 Å². The number of nitrogens with zero attached hydrogens (tertiary/aromatic N) is 3. The van der Waals surface area contributed by atoms with Crippen LogP contribution in [0.4, 0.5) is 0 Å². The van der Waals surface area contributed by atoms with Crippen molar-refractivity contribution >= 4 is 17.5 Å². The molecule has 0 spiro atoms. The van der Waals surface area contributed by atoms with Gasteiger partial charge in [0.2, 0.25) is 5.88 Å². The molecule has 3 aromatic rings. The lowest BCUT2D eigenvalue weighted by molar-refractivity contribution is 0.0770. The Hall–Kier alpha value is -2.86. The van der Waals surface area contributed by atoms with Gasteiger partial charge in [-0.3, -0.25) is 4.79 Å². The number of aryl methyl sites for hydroxylation is 2. The van der Waals surface area contributed by atoms with E-state index in [0.717, 1.165) is 12.1 Å². The predicted molar refractivity (Wildman–Crippen MR) is 106 cm³/mol. The summed E-state index contributed by atoms with van der Waals surface area (Å²) in [4.78, 5) is 19.3. The summed E-state index contributed by atoms with van der Waals surface area (Å²) < 4.78 is 11.3. The Morgan fingerprint density at radius 2 is 2.04 bits per heavy atom. The van der Waals surface area contributed by atoms with E-state index in [2.05, 4.69) is 10.1 Å². The van der Waals surface area contributed by atoms with Gasteiger partial charge in [-0.05, 0) is 26.0 Å². The molecule has 4 rings (SSSR count). The molecule has 28 heavy (non-hydrogen) atoms. The first-order chi connectivity index (χ1) is 13.5. The number of aromatic nitrogens is 2. The number of rotatable bonds is 4. The molecule has 0 saturated carbocycles. The van der Waals surface area contributed by atoms with Gasteiger partial charge in [-0.1, -0.05) is 41.0 Å². The fourth-order valence-electron chi connectivity index (χ4n) is 3.38. The van der Waals surface area contributed by atoms with Gasteiger partial charge < -0.3 is 14.2 Å². The van der Waals surface area contributed by atoms with Crippen LogP contribution in [0.3, 0.4) is 0 Å². The molecule has 1 saturated heterocycles. The molecule has 1 aliphatic heterocycles. The molecule has 0 bridgehead atoms. The predicted octanol–water partition coefficient (Wildman–Crippen LogP) is 4.30. The SMILES string of the molecule is Cc1cccc(OC2CCN(C(=O)c3c(-c4ccccc4Cl)noc3C)C2)n1. The standard InChI is InChI=1S/C21H20ClN3O3/c1-13-6-5-9-18(23-13)27-15-10-11-25(12-15)21(26)19-14(2)28-24-20(19)16-7-3-4-8-17(16)22/h3-9,15H,10-12H2,1-2H3. The van der Waals surface area contributed by atoms with Crippen LogP contribution >= 0.6 is 11.6 Å². The number of hydrogen-bond acceptors (Lipinski definition) is 5. The van der Waals surface area contributed by atoms with Crippen molar-refractivity contribution in [2.75, 3.05) is 13.1 Å². The lowest BCUT2D eigenvalue weighted by atomic mass is 10.1. The average Bonchev–Trinajstić information content (AvgIpc) is 3.28. The van der Waals surface area contributed by atoms with E-state index in [1.54, 1.807) is 17.9 Å². The van der Waals surface area contributed by atoms with Gasteiger partial charge in [0.1, 0.15) is 23.1 Å². The highest BCUT2D eigenvalue weighted by Gasteiger charge is 2.33. The number of carbonyl (C=O) groups is 1. The number of halogens is 1. The van der Waals surface area contributed by atoms with Crippen LogP contribution in [0.15, 0.2) is 47.0 Å². The molecule has 1 fully saturated rings. The van der Waals surface area contributed by atoms with Crippen LogP contribution in [0.5, 0.6) is 5.88 Å². The van der Waals surface area contributed by atoms with Crippen molar-refractivity contribution in [3.8, 4) is 17.1 Å². The minimum absolute atomic E-state index is 0.0952. The van der Waals surface area contributed by atoms with Crippen LogP contribution in [0.2, 0.25) is 5.02 Å². The quantitative estimate of drug-likeness (QED) is 0.656. The van der Waals surface area contributed by atoms with Gasteiger partial charge in [0, 0.05) is 30.3 Å². The molecule has 6 nitrogen and oxygen atoms in total. The summed E-state index contributed by atoms with van der Waals surface area (Å²) in [5, 5.41) is 4.61. The summed E-state index contributed by atoms with van der Waals surface area (Å²) in [6.45, 7) is 4.74. The lowest BCUT2D eigenvalue weighted by Gasteiger charge is -2.17. The number of ether oxygens (including phenoxy) is 1. The van der Waals surface area contributed by atoms with E-state index in [1.165, 1.54) is 0 Å². The molecule has 1 aliphatic rings. The molecule has 0 N–H and O–H groups in total. The van der Waals surface area contributed by atoms with Gasteiger partial charge in [0.05, 0.1) is 11.6 Å². The van der Waals surface area contributed by atoms with Gasteiger partial charge in [0.25, 0.3) is 5.91 Å². The second kappa shape index (κ2) is 7.64. The number of amides is 1. The highest BCUT2D eigenvalue weighted by Crippen LogP contribution is 2.32. The minimum atomic E-state index is -0.128. The molecule has 1 aromatic carbocycles. The molecule has 144 valence electrons. The number of hydrogen-bond donors (Lipinski definition) is 0. The van der Waals surface area contributed by atoms with Gasteiger partial charge >= 0.3 is 0 Å². The van der Waals surface area contributed by atoms with E-state index in [-0.39, 0.29) is 12.0 Å². The Morgan fingerprint density at radius 1 is 1.21 bits per heavy atom. The number of likely N-dealkylation sites (tertiary alicyclic amines) is 1. The molecular formula is C21H20ClN3O3. The monoisotopic (exact) mass is 397 g/mol. The first kappa shape index (κ1) is 18.5. The van der Waals surface area contributed by atoms with Gasteiger partial charge in [-0.2, -0.15) is 0 Å². The van der Waals surface area contributed by atoms with Crippen LogP contribution in [0.1, 0.15) is 28.2 Å². The molecule has 7 heteroatoms. The van der Waals surface area contributed by atoms with Crippen LogP contribution in [0, 0.1) is 13.8 Å². The molecule has 1 unspecified atom stereocenters. The number of carbonyl (C=O) groups excluding carboxylic acids is 1. The summed E-state index contributed by atoms with van der Waals surface area (Å²) in [6.07, 6.45) is 0.648. The topological polar surface area (TPSA) is 68.5 Å². The first-order valence-corrected chi connectivity index (χ1v) is 9.51. The molecule has 2 aromatic heterocycles. The summed E-state index contributed by atoms with van der Waals surface area (Å²) >= 11 is 6.30. The van der Waals surface area contributed by atoms with Crippen molar-refractivity contribution in [2.45, 2.75) is 26.4 Å². The van der Waals surface area contributed by atoms with Gasteiger partial charge in [-0.15, -0.1) is 0 Å². The second-order valence-electron chi connectivity index (χ2n) is 6.84. The van der Waals surface area contributed by atoms with Crippen LogP contribution in [-0.4, -0.2) is 40.1 Å². The number of pyridine rings is 1. The van der Waals surface area contributed by atoms with E-state index < -0.39 is 0 Å². The third-order valence-corrected chi connectivity index (χ3v) is 5.12. The van der Waals surface area contributed by atoms with Crippen LogP contribution in [-0.2, 0) is 0 Å². The molecular weight excluding hydrogens is 378 g/mol. The Kier molecular flexibility index (Phi) is 5.05. The Morgan fingerprint density at radius 3 is 2.82 bits per heavy atom. The zero-order valence-electron chi connectivity index (χ0n) is 15.7. The third-order valence-electron chi connectivity index (χ3n) is 4.79. The fourth-order valence-corrected chi connectivity index (χ4v) is 3.61. The first-order valence-electron chi connectivity index (χ1n) is 9.13. The molecule has 0 aliphatic carbocycles. The molecule has 1 atom stereocenters. The average molecular weight is 398 g/mol. The van der Waals surface area contributed by atoms with Crippen molar-refractivity contribution in [2.24, 2.45) is 0 Å². The molecule has 0 radical (unpaired) electrons. The largest absolute Gasteiger partial charge is 0.472 e. The van der Waals surface area contributed by atoms with Crippen LogP contribution in [0.25, 0.3) is 11.3 Å². The Labute approximate surface area is 168 Å². The molecule has 1 amide bonds. The van der Waals surface area contributed by atoms with Crippen molar-refractivity contribution in [3.63, 3.8) is 0 Å². The van der Waals surface area contributed by atoms with Crippen molar-refractivity contribution < 1.29 is 14.1 Å². The maximum atomic E-state index is 13.2. The smallest absolute Gasteiger partial charge is 0.259 e. The van der Waals surface area contributed by atoms with Crippen molar-refractivity contribution in [3.05, 3.63) is 64.5 Å². The second-order valence-corrected chi connectivity index (χ2v) is 7.25. The lowest BCUT2D eigenvalue weighted by Crippen LogP contribution is -2.31. The summed E-state index contributed by atoms with van der Waals surface area (Å²) in [5.41, 5.74) is 2.49. The highest BCUT2D eigenvalue weighted by atomic mass is 35.5. The number of benzene rings is 1. The van der Waals surface area contributed by atoms with Crippen molar-refractivity contribution in [1.29, 1.82) is 0 Å². The highest BCUT2D eigenvalue weighted by molar-refractivity contribution is 6.33. The Balaban J connectivity index is 1.53. The molecule has 3 heterocycles. The van der Waals surface area contributed by atoms with E-state index in [1.807, 2.05) is 43.3 Å². The maximum Gasteiger partial charge on any atom is 0.259 e. The maximum absolute atomic E-state index is 13.2. The van der Waals surface area contributed by atoms with Crippen molar-refractivity contribution in [1.82, 2.24) is 15.0 Å². The third kappa shape index (κ3) is 3.60. The minimum Gasteiger partial charge on any atom is -0.472 e. The zero-order chi connectivity index (χ0) is 19.7. The summed E-state index contributed by atoms with van der Waals surface area (Å²) in [7, 11) is 0. The zero-order valence-corrected chi connectivity index (χ0v) is 16.4. The van der Waals surface area contributed by atoms with Gasteiger partial charge in [0.15, 0.2) is 0 Å². The Bertz CT molecular complexity index is 1020. The summed E-state index contributed by atoms with van der Waals surface area (Å²) in [5.74, 6) is 0.929. The fraction of sp³-hybridized carbons (Fsp3) is 0.286. The van der Waals surface area contributed by atoms with E-state index in [0.29, 0.717) is 46.6 Å². The van der Waals surface area contributed by atoms with E-state index in [4.69, 9.17) is 20.9 Å². The van der Waals surface area contributed by atoms with Gasteiger partial charge in [-0.25, -0.2) is 4.98 Å². The van der Waals surface area contributed by atoms with Crippen LogP contribution < -0.4 is 4.74 Å². The normalized spacial score (nSPS) is 16.4. The summed E-state index contributed by atoms with van der Waals surface area (Å²) in [6, 6.07) is 12.9.